The number of carbonyl (C=O) groups excluding carboxylic acids is 3. The van der Waals surface area contributed by atoms with Crippen LogP contribution in [0.15, 0.2) is 82.4 Å². The minimum atomic E-state index is -0.572. The molecule has 0 spiro atoms. The molecule has 162 valence electrons. The Morgan fingerprint density at radius 2 is 1.69 bits per heavy atom. The van der Waals surface area contributed by atoms with Gasteiger partial charge in [-0.05, 0) is 72.3 Å². The number of hydrogen-bond acceptors (Lipinski definition) is 5. The SMILES string of the molecule is O=C(CNC(=O)c1cccc(F)c1)N/N=C\c1ccc(OC(=O)c2ccc(Br)cc2)cc1. The third-order valence-corrected chi connectivity index (χ3v) is 4.60. The fraction of sp³-hybridized carbons (Fsp3) is 0.0435. The van der Waals surface area contributed by atoms with E-state index in [0.717, 1.165) is 10.5 Å². The Morgan fingerprint density at radius 3 is 2.38 bits per heavy atom. The molecule has 0 aromatic heterocycles. The molecule has 0 heterocycles. The molecular weight excluding hydrogens is 481 g/mol. The van der Waals surface area contributed by atoms with E-state index in [1.54, 1.807) is 48.5 Å². The molecule has 0 radical (unpaired) electrons. The molecule has 3 aromatic carbocycles. The summed E-state index contributed by atoms with van der Waals surface area (Å²) in [5, 5.41) is 6.18. The van der Waals surface area contributed by atoms with Gasteiger partial charge in [-0.2, -0.15) is 5.10 Å². The van der Waals surface area contributed by atoms with Gasteiger partial charge in [0, 0.05) is 10.0 Å². The molecule has 2 N–H and O–H groups in total. The average Bonchev–Trinajstić information content (AvgIpc) is 2.79. The summed E-state index contributed by atoms with van der Waals surface area (Å²) in [6.07, 6.45) is 1.40. The van der Waals surface area contributed by atoms with Crippen molar-refractivity contribution in [3.63, 3.8) is 0 Å². The Bertz CT molecular complexity index is 1150. The van der Waals surface area contributed by atoms with Gasteiger partial charge in [0.2, 0.25) is 0 Å². The number of esters is 1. The molecule has 0 bridgehead atoms. The van der Waals surface area contributed by atoms with Gasteiger partial charge < -0.3 is 10.1 Å². The maximum atomic E-state index is 13.1. The number of hydrazone groups is 1. The highest BCUT2D eigenvalue weighted by Gasteiger charge is 2.09. The van der Waals surface area contributed by atoms with E-state index < -0.39 is 23.6 Å². The molecule has 2 amide bonds. The molecular formula is C23H17BrFN3O4. The summed E-state index contributed by atoms with van der Waals surface area (Å²) in [5.41, 5.74) is 3.46. The van der Waals surface area contributed by atoms with Crippen LogP contribution in [0.4, 0.5) is 4.39 Å². The molecule has 0 aliphatic heterocycles. The highest BCUT2D eigenvalue weighted by atomic mass is 79.9. The lowest BCUT2D eigenvalue weighted by Crippen LogP contribution is -2.34. The standard InChI is InChI=1S/C23H17BrFN3O4/c24-18-8-6-16(7-9-18)23(31)32-20-10-4-15(5-11-20)13-27-28-21(29)14-26-22(30)17-2-1-3-19(25)12-17/h1-13H,14H2,(H,26,30)(H,28,29)/b27-13-. The smallest absolute Gasteiger partial charge is 0.343 e. The van der Waals surface area contributed by atoms with Gasteiger partial charge in [-0.15, -0.1) is 0 Å². The van der Waals surface area contributed by atoms with Gasteiger partial charge in [-0.25, -0.2) is 14.6 Å². The van der Waals surface area contributed by atoms with Crippen LogP contribution in [0.25, 0.3) is 0 Å². The Kier molecular flexibility index (Phi) is 7.82. The van der Waals surface area contributed by atoms with Crippen LogP contribution in [0, 0.1) is 5.82 Å². The number of benzene rings is 3. The van der Waals surface area contributed by atoms with Gasteiger partial charge in [0.25, 0.3) is 11.8 Å². The van der Waals surface area contributed by atoms with E-state index in [9.17, 15) is 18.8 Å². The first kappa shape index (κ1) is 22.8. The van der Waals surface area contributed by atoms with Crippen LogP contribution in [-0.4, -0.2) is 30.5 Å². The van der Waals surface area contributed by atoms with Crippen LogP contribution in [0.5, 0.6) is 5.75 Å². The predicted molar refractivity (Wildman–Crippen MR) is 120 cm³/mol. The molecule has 0 aliphatic rings. The van der Waals surface area contributed by atoms with Crippen molar-refractivity contribution in [2.24, 2.45) is 5.10 Å². The quantitative estimate of drug-likeness (QED) is 0.225. The first-order valence-electron chi connectivity index (χ1n) is 9.34. The van der Waals surface area contributed by atoms with Gasteiger partial charge >= 0.3 is 5.97 Å². The van der Waals surface area contributed by atoms with Crippen LogP contribution in [0.2, 0.25) is 0 Å². The van der Waals surface area contributed by atoms with E-state index in [-0.39, 0.29) is 12.1 Å². The summed E-state index contributed by atoms with van der Waals surface area (Å²) in [6, 6.07) is 18.4. The van der Waals surface area contributed by atoms with Crippen molar-refractivity contribution in [2.45, 2.75) is 0 Å². The molecule has 0 unspecified atom stereocenters. The van der Waals surface area contributed by atoms with Crippen molar-refractivity contribution < 1.29 is 23.5 Å². The van der Waals surface area contributed by atoms with Crippen LogP contribution in [-0.2, 0) is 4.79 Å². The second-order valence-electron chi connectivity index (χ2n) is 6.45. The average molecular weight is 498 g/mol. The zero-order valence-electron chi connectivity index (χ0n) is 16.5. The lowest BCUT2D eigenvalue weighted by atomic mass is 10.2. The lowest BCUT2D eigenvalue weighted by Gasteiger charge is -2.05. The maximum absolute atomic E-state index is 13.1. The van der Waals surface area contributed by atoms with E-state index in [1.165, 1.54) is 24.4 Å². The molecule has 0 fully saturated rings. The fourth-order valence-corrected chi connectivity index (χ4v) is 2.75. The zero-order chi connectivity index (χ0) is 22.9. The van der Waals surface area contributed by atoms with Gasteiger partial charge in [0.1, 0.15) is 11.6 Å². The Morgan fingerprint density at radius 1 is 0.969 bits per heavy atom. The summed E-state index contributed by atoms with van der Waals surface area (Å²) in [6.45, 7) is -0.322. The number of nitrogens with zero attached hydrogens (tertiary/aromatic N) is 1. The monoisotopic (exact) mass is 497 g/mol. The molecule has 3 rings (SSSR count). The van der Waals surface area contributed by atoms with Crippen molar-refractivity contribution >= 4 is 39.9 Å². The molecule has 0 saturated heterocycles. The zero-order valence-corrected chi connectivity index (χ0v) is 18.1. The number of ether oxygens (including phenoxy) is 1. The van der Waals surface area contributed by atoms with Gasteiger partial charge in [-0.3, -0.25) is 9.59 Å². The van der Waals surface area contributed by atoms with E-state index in [2.05, 4.69) is 31.8 Å². The fourth-order valence-electron chi connectivity index (χ4n) is 2.48. The van der Waals surface area contributed by atoms with Crippen molar-refractivity contribution in [3.8, 4) is 5.75 Å². The van der Waals surface area contributed by atoms with Crippen molar-refractivity contribution in [2.75, 3.05) is 6.54 Å². The highest BCUT2D eigenvalue weighted by Crippen LogP contribution is 2.15. The van der Waals surface area contributed by atoms with Crippen molar-refractivity contribution in [1.82, 2.24) is 10.7 Å². The largest absolute Gasteiger partial charge is 0.423 e. The minimum absolute atomic E-state index is 0.113. The first-order valence-corrected chi connectivity index (χ1v) is 10.1. The summed E-state index contributed by atoms with van der Waals surface area (Å²) in [4.78, 5) is 35.8. The van der Waals surface area contributed by atoms with E-state index in [1.807, 2.05) is 0 Å². The summed E-state index contributed by atoms with van der Waals surface area (Å²) >= 11 is 3.30. The summed E-state index contributed by atoms with van der Waals surface area (Å²) < 4.78 is 19.3. The third-order valence-electron chi connectivity index (χ3n) is 4.07. The van der Waals surface area contributed by atoms with E-state index in [0.29, 0.717) is 16.9 Å². The van der Waals surface area contributed by atoms with Crippen molar-refractivity contribution in [1.29, 1.82) is 0 Å². The van der Waals surface area contributed by atoms with E-state index >= 15 is 0 Å². The second kappa shape index (κ2) is 11.0. The molecule has 3 aromatic rings. The summed E-state index contributed by atoms with van der Waals surface area (Å²) in [7, 11) is 0. The Balaban J connectivity index is 1.45. The lowest BCUT2D eigenvalue weighted by molar-refractivity contribution is -0.120. The van der Waals surface area contributed by atoms with Gasteiger partial charge in [0.05, 0.1) is 18.3 Å². The molecule has 7 nitrogen and oxygen atoms in total. The predicted octanol–water partition coefficient (Wildman–Crippen LogP) is 3.69. The van der Waals surface area contributed by atoms with Crippen LogP contribution in [0.3, 0.4) is 0 Å². The van der Waals surface area contributed by atoms with Gasteiger partial charge in [0.15, 0.2) is 0 Å². The second-order valence-corrected chi connectivity index (χ2v) is 7.37. The van der Waals surface area contributed by atoms with Gasteiger partial charge in [-0.1, -0.05) is 22.0 Å². The molecule has 0 saturated carbocycles. The molecule has 32 heavy (non-hydrogen) atoms. The highest BCUT2D eigenvalue weighted by molar-refractivity contribution is 9.10. The van der Waals surface area contributed by atoms with Crippen LogP contribution >= 0.6 is 15.9 Å². The van der Waals surface area contributed by atoms with Crippen LogP contribution in [0.1, 0.15) is 26.3 Å². The minimum Gasteiger partial charge on any atom is -0.423 e. The first-order chi connectivity index (χ1) is 15.4. The topological polar surface area (TPSA) is 96.9 Å². The van der Waals surface area contributed by atoms with Crippen molar-refractivity contribution in [3.05, 3.63) is 99.8 Å². The number of nitrogens with one attached hydrogen (secondary N) is 2. The van der Waals surface area contributed by atoms with Crippen LogP contribution < -0.4 is 15.5 Å². The number of halogens is 2. The summed E-state index contributed by atoms with van der Waals surface area (Å²) in [5.74, 6) is -1.78. The molecule has 9 heteroatoms. The Labute approximate surface area is 191 Å². The Hall–Kier alpha value is -3.85. The number of amides is 2. The van der Waals surface area contributed by atoms with E-state index in [4.69, 9.17) is 4.74 Å². The third kappa shape index (κ3) is 6.85. The normalized spacial score (nSPS) is 10.6. The maximum Gasteiger partial charge on any atom is 0.343 e. The number of hydrogen-bond donors (Lipinski definition) is 2. The number of carbonyl (C=O) groups is 3. The number of rotatable bonds is 7. The molecule has 0 atom stereocenters. The molecule has 0 aliphatic carbocycles.